The van der Waals surface area contributed by atoms with E-state index in [-0.39, 0.29) is 5.78 Å². The summed E-state index contributed by atoms with van der Waals surface area (Å²) < 4.78 is 5.41. The lowest BCUT2D eigenvalue weighted by atomic mass is 9.87. The molecule has 0 fully saturated rings. The second-order valence-electron chi connectivity index (χ2n) is 7.02. The van der Waals surface area contributed by atoms with E-state index in [9.17, 15) is 4.79 Å². The van der Waals surface area contributed by atoms with Gasteiger partial charge in [0.15, 0.2) is 5.78 Å². The zero-order valence-corrected chi connectivity index (χ0v) is 15.6. The Balaban J connectivity index is 2.49. The Morgan fingerprint density at radius 2 is 1.58 bits per heavy atom. The Labute approximate surface area is 145 Å². The van der Waals surface area contributed by atoms with Crippen molar-refractivity contribution in [2.45, 2.75) is 52.9 Å². The Morgan fingerprint density at radius 1 is 0.917 bits per heavy atom. The van der Waals surface area contributed by atoms with Crippen LogP contribution in [0.4, 0.5) is 0 Å². The third-order valence-corrected chi connectivity index (χ3v) is 4.53. The molecule has 0 saturated heterocycles. The zero-order chi connectivity index (χ0) is 17.9. The predicted molar refractivity (Wildman–Crippen MR) is 100 cm³/mol. The zero-order valence-electron chi connectivity index (χ0n) is 15.6. The van der Waals surface area contributed by atoms with Gasteiger partial charge in [-0.15, -0.1) is 0 Å². The number of carbonyl (C=O) groups is 1. The molecular weight excluding hydrogens is 296 g/mol. The maximum absolute atomic E-state index is 11.7. The minimum Gasteiger partial charge on any atom is -0.497 e. The molecule has 0 heterocycles. The monoisotopic (exact) mass is 324 g/mol. The molecule has 0 aromatic heterocycles. The van der Waals surface area contributed by atoms with E-state index in [4.69, 9.17) is 4.74 Å². The first-order valence-electron chi connectivity index (χ1n) is 8.64. The van der Waals surface area contributed by atoms with Crippen LogP contribution in [0.15, 0.2) is 36.4 Å². The Hall–Kier alpha value is -2.09. The molecule has 0 amide bonds. The van der Waals surface area contributed by atoms with Crippen LogP contribution in [-0.2, 0) is 6.42 Å². The number of benzene rings is 2. The number of ketones is 1. The van der Waals surface area contributed by atoms with Crippen LogP contribution in [0.25, 0.3) is 0 Å². The minimum atomic E-state index is 0.118. The van der Waals surface area contributed by atoms with Crippen molar-refractivity contribution in [2.24, 2.45) is 0 Å². The fourth-order valence-corrected chi connectivity index (χ4v) is 3.14. The third kappa shape index (κ3) is 4.05. The van der Waals surface area contributed by atoms with E-state index in [1.807, 2.05) is 12.1 Å². The molecule has 0 spiro atoms. The van der Waals surface area contributed by atoms with E-state index in [1.165, 1.54) is 22.3 Å². The van der Waals surface area contributed by atoms with Crippen LogP contribution in [0.3, 0.4) is 0 Å². The normalized spacial score (nSPS) is 11.2. The van der Waals surface area contributed by atoms with Gasteiger partial charge in [-0.1, -0.05) is 45.9 Å². The summed E-state index contributed by atoms with van der Waals surface area (Å²) in [5.41, 5.74) is 5.96. The highest BCUT2D eigenvalue weighted by Gasteiger charge is 2.14. The van der Waals surface area contributed by atoms with Crippen molar-refractivity contribution in [3.8, 4) is 5.75 Å². The van der Waals surface area contributed by atoms with Crippen molar-refractivity contribution in [1.82, 2.24) is 0 Å². The first-order valence-corrected chi connectivity index (χ1v) is 8.64. The van der Waals surface area contributed by atoms with E-state index in [2.05, 4.69) is 52.0 Å². The average Bonchev–Trinajstić information content (AvgIpc) is 2.54. The number of carbonyl (C=O) groups excluding carboxylic acids is 1. The van der Waals surface area contributed by atoms with Gasteiger partial charge in [-0.05, 0) is 65.6 Å². The topological polar surface area (TPSA) is 26.3 Å². The SMILES string of the molecule is COc1ccc(C(C)C)c(Cc2ccc(C(C)=O)cc2C(C)C)c1. The standard InChI is InChI=1S/C22H28O2/c1-14(2)21-10-9-20(24-6)12-19(21)11-18-8-7-17(16(5)23)13-22(18)15(3)4/h7-10,12-15H,11H2,1-6H3. The molecule has 128 valence electrons. The molecule has 0 aliphatic rings. The molecule has 24 heavy (non-hydrogen) atoms. The maximum atomic E-state index is 11.7. The number of Topliss-reactive ketones (excluding diaryl/α,β-unsaturated/α-hetero) is 1. The van der Waals surface area contributed by atoms with Crippen LogP contribution in [-0.4, -0.2) is 12.9 Å². The Kier molecular flexibility index (Phi) is 5.82. The number of hydrogen-bond donors (Lipinski definition) is 0. The molecule has 0 N–H and O–H groups in total. The van der Waals surface area contributed by atoms with Gasteiger partial charge in [0.25, 0.3) is 0 Å². The largest absolute Gasteiger partial charge is 0.497 e. The fourth-order valence-electron chi connectivity index (χ4n) is 3.14. The van der Waals surface area contributed by atoms with Crippen molar-refractivity contribution in [1.29, 1.82) is 0 Å². The second kappa shape index (κ2) is 7.65. The predicted octanol–water partition coefficient (Wildman–Crippen LogP) is 5.74. The van der Waals surface area contributed by atoms with Crippen LogP contribution < -0.4 is 4.74 Å². The van der Waals surface area contributed by atoms with Gasteiger partial charge < -0.3 is 4.74 Å². The van der Waals surface area contributed by atoms with Crippen LogP contribution in [0, 0.1) is 0 Å². The molecule has 0 atom stereocenters. The van der Waals surface area contributed by atoms with E-state index >= 15 is 0 Å². The van der Waals surface area contributed by atoms with Gasteiger partial charge in [-0.2, -0.15) is 0 Å². The molecule has 0 radical (unpaired) electrons. The summed E-state index contributed by atoms with van der Waals surface area (Å²) in [6.45, 7) is 10.4. The highest BCUT2D eigenvalue weighted by atomic mass is 16.5. The molecule has 2 nitrogen and oxygen atoms in total. The Bertz CT molecular complexity index is 727. The lowest BCUT2D eigenvalue weighted by Crippen LogP contribution is -2.04. The van der Waals surface area contributed by atoms with Crippen LogP contribution in [0.2, 0.25) is 0 Å². The fraction of sp³-hybridized carbons (Fsp3) is 0.409. The summed E-state index contributed by atoms with van der Waals surface area (Å²) >= 11 is 0. The van der Waals surface area contributed by atoms with Crippen molar-refractivity contribution in [3.63, 3.8) is 0 Å². The average molecular weight is 324 g/mol. The summed E-state index contributed by atoms with van der Waals surface area (Å²) in [5.74, 6) is 1.85. The van der Waals surface area contributed by atoms with E-state index in [1.54, 1.807) is 14.0 Å². The lowest BCUT2D eigenvalue weighted by Gasteiger charge is -2.18. The molecule has 0 saturated carbocycles. The molecule has 0 unspecified atom stereocenters. The van der Waals surface area contributed by atoms with Crippen LogP contribution in [0.1, 0.15) is 79.1 Å². The molecule has 0 bridgehead atoms. The lowest BCUT2D eigenvalue weighted by molar-refractivity contribution is 0.101. The summed E-state index contributed by atoms with van der Waals surface area (Å²) in [5, 5.41) is 0. The van der Waals surface area contributed by atoms with Gasteiger partial charge in [0.1, 0.15) is 5.75 Å². The molecule has 0 aliphatic heterocycles. The minimum absolute atomic E-state index is 0.118. The maximum Gasteiger partial charge on any atom is 0.159 e. The highest BCUT2D eigenvalue weighted by molar-refractivity contribution is 5.94. The first-order chi connectivity index (χ1) is 11.3. The van der Waals surface area contributed by atoms with Crippen LogP contribution >= 0.6 is 0 Å². The summed E-state index contributed by atoms with van der Waals surface area (Å²) in [6.07, 6.45) is 0.858. The van der Waals surface area contributed by atoms with E-state index < -0.39 is 0 Å². The molecule has 2 heteroatoms. The number of rotatable bonds is 6. The Morgan fingerprint density at radius 3 is 2.12 bits per heavy atom. The number of methoxy groups -OCH3 is 1. The number of ether oxygens (including phenoxy) is 1. The van der Waals surface area contributed by atoms with Crippen molar-refractivity contribution in [3.05, 3.63) is 64.2 Å². The molecule has 0 aliphatic carbocycles. The molecular formula is C22H28O2. The van der Waals surface area contributed by atoms with Gasteiger partial charge in [0.2, 0.25) is 0 Å². The van der Waals surface area contributed by atoms with E-state index in [0.29, 0.717) is 11.8 Å². The highest BCUT2D eigenvalue weighted by Crippen LogP contribution is 2.29. The summed E-state index contributed by atoms with van der Waals surface area (Å²) in [4.78, 5) is 11.7. The van der Waals surface area contributed by atoms with E-state index in [0.717, 1.165) is 17.7 Å². The third-order valence-electron chi connectivity index (χ3n) is 4.53. The van der Waals surface area contributed by atoms with Crippen molar-refractivity contribution >= 4 is 5.78 Å². The van der Waals surface area contributed by atoms with Gasteiger partial charge in [0.05, 0.1) is 7.11 Å². The van der Waals surface area contributed by atoms with Crippen LogP contribution in [0.5, 0.6) is 5.75 Å². The molecule has 2 aromatic carbocycles. The second-order valence-corrected chi connectivity index (χ2v) is 7.02. The van der Waals surface area contributed by atoms with Gasteiger partial charge in [-0.25, -0.2) is 0 Å². The first kappa shape index (κ1) is 18.3. The molecule has 2 rings (SSSR count). The number of hydrogen-bond acceptors (Lipinski definition) is 2. The van der Waals surface area contributed by atoms with Crippen molar-refractivity contribution in [2.75, 3.05) is 7.11 Å². The molecule has 2 aromatic rings. The smallest absolute Gasteiger partial charge is 0.159 e. The van der Waals surface area contributed by atoms with Gasteiger partial charge in [0, 0.05) is 5.56 Å². The van der Waals surface area contributed by atoms with Gasteiger partial charge >= 0.3 is 0 Å². The van der Waals surface area contributed by atoms with Gasteiger partial charge in [-0.3, -0.25) is 4.79 Å². The quantitative estimate of drug-likeness (QED) is 0.634. The van der Waals surface area contributed by atoms with Crippen molar-refractivity contribution < 1.29 is 9.53 Å². The summed E-state index contributed by atoms with van der Waals surface area (Å²) in [6, 6.07) is 12.4. The summed E-state index contributed by atoms with van der Waals surface area (Å²) in [7, 11) is 1.70.